The summed E-state index contributed by atoms with van der Waals surface area (Å²) in [6.45, 7) is 0. The number of carboxylic acids is 2. The third-order valence-corrected chi connectivity index (χ3v) is 3.37. The maximum absolute atomic E-state index is 10.8. The number of carboxylic acid groups (broad SMARTS) is 2. The molecule has 0 N–H and O–H groups in total. The molecule has 2 aromatic carbocycles. The second kappa shape index (κ2) is 10.3. The van der Waals surface area contributed by atoms with Crippen LogP contribution in [0.1, 0.15) is 24.3 Å². The van der Waals surface area contributed by atoms with Crippen LogP contribution in [0, 0.1) is 0 Å². The van der Waals surface area contributed by atoms with Gasteiger partial charge >= 0.3 is 59.1 Å². The van der Waals surface area contributed by atoms with Gasteiger partial charge in [0.05, 0.1) is 7.11 Å². The molecule has 0 radical (unpaired) electrons. The van der Waals surface area contributed by atoms with E-state index >= 15 is 0 Å². The summed E-state index contributed by atoms with van der Waals surface area (Å²) >= 11 is 0. The van der Waals surface area contributed by atoms with E-state index in [2.05, 4.69) is 0 Å². The number of hydrogen-bond acceptors (Lipinski definition) is 5. The van der Waals surface area contributed by atoms with Gasteiger partial charge in [0.1, 0.15) is 5.75 Å². The molecule has 2 rings (SSSR count). The predicted octanol–water partition coefficient (Wildman–Crippen LogP) is -5.78. The molecular formula is C16H14Na2O5. The molecular weight excluding hydrogens is 318 g/mol. The van der Waals surface area contributed by atoms with Crippen LogP contribution in [0.3, 0.4) is 0 Å². The van der Waals surface area contributed by atoms with Gasteiger partial charge in [-0.1, -0.05) is 24.3 Å². The number of rotatable bonds is 6. The van der Waals surface area contributed by atoms with Gasteiger partial charge in [-0.3, -0.25) is 0 Å². The number of carbonyl (C=O) groups excluding carboxylic acids is 2. The van der Waals surface area contributed by atoms with Crippen LogP contribution in [-0.2, 0) is 9.59 Å². The van der Waals surface area contributed by atoms with E-state index in [1.54, 1.807) is 25.3 Å². The molecule has 0 aromatic heterocycles. The molecule has 0 atom stereocenters. The maximum Gasteiger partial charge on any atom is 1.00 e. The summed E-state index contributed by atoms with van der Waals surface area (Å²) in [4.78, 5) is 21.5. The molecule has 0 spiro atoms. The van der Waals surface area contributed by atoms with Gasteiger partial charge in [-0.15, -0.1) is 0 Å². The van der Waals surface area contributed by atoms with E-state index in [4.69, 9.17) is 4.74 Å². The minimum Gasteiger partial charge on any atom is -0.550 e. The van der Waals surface area contributed by atoms with Crippen LogP contribution in [0.15, 0.2) is 36.4 Å². The van der Waals surface area contributed by atoms with Crippen molar-refractivity contribution in [1.29, 1.82) is 0 Å². The fourth-order valence-electron chi connectivity index (χ4n) is 2.33. The van der Waals surface area contributed by atoms with E-state index in [-0.39, 0.29) is 72.0 Å². The summed E-state index contributed by atoms with van der Waals surface area (Å²) in [6.07, 6.45) is -0.703. The minimum absolute atomic E-state index is 0. The Balaban J connectivity index is 0.00000242. The molecule has 0 unspecified atom stereocenters. The SMILES string of the molecule is COc1ccc2cc(C(CC(=O)[O-])CC(=O)[O-])ccc2c1.[Na+].[Na+]. The van der Waals surface area contributed by atoms with Crippen LogP contribution in [0.4, 0.5) is 0 Å². The van der Waals surface area contributed by atoms with Crippen LogP contribution >= 0.6 is 0 Å². The number of fused-ring (bicyclic) bond motifs is 1. The molecule has 2 aromatic rings. The fourth-order valence-corrected chi connectivity index (χ4v) is 2.33. The van der Waals surface area contributed by atoms with Crippen LogP contribution in [0.25, 0.3) is 10.8 Å². The molecule has 0 amide bonds. The molecule has 0 aliphatic carbocycles. The molecule has 0 saturated carbocycles. The first-order valence-electron chi connectivity index (χ1n) is 6.47. The smallest absolute Gasteiger partial charge is 0.550 e. The number of carbonyl (C=O) groups is 2. The van der Waals surface area contributed by atoms with Crippen molar-refractivity contribution in [2.45, 2.75) is 18.8 Å². The molecule has 110 valence electrons. The van der Waals surface area contributed by atoms with E-state index in [9.17, 15) is 19.8 Å². The van der Waals surface area contributed by atoms with E-state index in [0.29, 0.717) is 5.56 Å². The molecule has 0 aliphatic heterocycles. The number of hydrogen-bond donors (Lipinski definition) is 0. The largest absolute Gasteiger partial charge is 1.00 e. The molecule has 7 heteroatoms. The van der Waals surface area contributed by atoms with E-state index in [1.165, 1.54) is 0 Å². The Kier molecular flexibility index (Phi) is 10.1. The summed E-state index contributed by atoms with van der Waals surface area (Å²) in [5, 5.41) is 23.4. The van der Waals surface area contributed by atoms with Gasteiger partial charge in [0.15, 0.2) is 0 Å². The van der Waals surface area contributed by atoms with Crippen molar-refractivity contribution in [1.82, 2.24) is 0 Å². The Morgan fingerprint density at radius 2 is 1.48 bits per heavy atom. The number of methoxy groups -OCH3 is 1. The molecule has 0 aliphatic rings. The zero-order valence-corrected chi connectivity index (χ0v) is 17.5. The van der Waals surface area contributed by atoms with Gasteiger partial charge in [0, 0.05) is 11.9 Å². The Morgan fingerprint density at radius 1 is 0.957 bits per heavy atom. The number of ether oxygens (including phenoxy) is 1. The van der Waals surface area contributed by atoms with Gasteiger partial charge < -0.3 is 24.5 Å². The zero-order valence-electron chi connectivity index (χ0n) is 13.5. The Morgan fingerprint density at radius 3 is 2.00 bits per heavy atom. The maximum atomic E-state index is 10.8. The van der Waals surface area contributed by atoms with Gasteiger partial charge in [-0.25, -0.2) is 0 Å². The van der Waals surface area contributed by atoms with E-state index in [0.717, 1.165) is 16.5 Å². The third-order valence-electron chi connectivity index (χ3n) is 3.37. The molecule has 23 heavy (non-hydrogen) atoms. The molecule has 0 saturated heterocycles. The second-order valence-corrected chi connectivity index (χ2v) is 4.82. The Bertz CT molecular complexity index is 671. The van der Waals surface area contributed by atoms with Crippen molar-refractivity contribution in [3.8, 4) is 5.75 Å². The average molecular weight is 332 g/mol. The van der Waals surface area contributed by atoms with Gasteiger partial charge in [0.25, 0.3) is 0 Å². The van der Waals surface area contributed by atoms with Crippen molar-refractivity contribution in [3.63, 3.8) is 0 Å². The second-order valence-electron chi connectivity index (χ2n) is 4.82. The third kappa shape index (κ3) is 6.45. The summed E-state index contributed by atoms with van der Waals surface area (Å²) in [5.74, 6) is -2.50. The average Bonchev–Trinajstić information content (AvgIpc) is 2.44. The summed E-state index contributed by atoms with van der Waals surface area (Å²) < 4.78 is 5.13. The molecule has 0 bridgehead atoms. The van der Waals surface area contributed by atoms with Crippen molar-refractivity contribution < 1.29 is 83.7 Å². The monoisotopic (exact) mass is 332 g/mol. The summed E-state index contributed by atoms with van der Waals surface area (Å²) in [7, 11) is 1.57. The van der Waals surface area contributed by atoms with Crippen molar-refractivity contribution >= 4 is 22.7 Å². The molecule has 0 heterocycles. The topological polar surface area (TPSA) is 89.5 Å². The number of aliphatic carboxylic acids is 2. The standard InChI is InChI=1S/C16H16O5.2Na/c1-21-14-5-4-10-6-11(2-3-12(10)7-14)13(8-15(17)18)9-16(19)20;;/h2-7,13H,8-9H2,1H3,(H,17,18)(H,19,20);;/q;2*+1/p-2. The normalized spacial score (nSPS) is 9.83. The number of benzene rings is 2. The molecule has 0 fully saturated rings. The zero-order chi connectivity index (χ0) is 15.4. The Hall–Kier alpha value is -0.560. The quantitative estimate of drug-likeness (QED) is 0.492. The fraction of sp³-hybridized carbons (Fsp3) is 0.250. The minimum atomic E-state index is -1.28. The first-order chi connectivity index (χ1) is 9.99. The van der Waals surface area contributed by atoms with Crippen LogP contribution < -0.4 is 74.1 Å². The van der Waals surface area contributed by atoms with Crippen LogP contribution in [0.2, 0.25) is 0 Å². The molecule has 5 nitrogen and oxygen atoms in total. The Labute approximate surface area is 178 Å². The van der Waals surface area contributed by atoms with Gasteiger partial charge in [-0.2, -0.15) is 0 Å². The van der Waals surface area contributed by atoms with Gasteiger partial charge in [0.2, 0.25) is 0 Å². The first kappa shape index (κ1) is 22.4. The predicted molar refractivity (Wildman–Crippen MR) is 72.5 cm³/mol. The van der Waals surface area contributed by atoms with Crippen LogP contribution in [0.5, 0.6) is 5.75 Å². The van der Waals surface area contributed by atoms with Crippen molar-refractivity contribution in [2.75, 3.05) is 7.11 Å². The first-order valence-corrected chi connectivity index (χ1v) is 6.47. The van der Waals surface area contributed by atoms with Gasteiger partial charge in [-0.05, 0) is 47.2 Å². The van der Waals surface area contributed by atoms with E-state index in [1.807, 2.05) is 18.2 Å². The van der Waals surface area contributed by atoms with E-state index < -0.39 is 17.9 Å². The summed E-state index contributed by atoms with van der Waals surface area (Å²) in [5.41, 5.74) is 0.640. The van der Waals surface area contributed by atoms with Crippen molar-refractivity contribution in [2.24, 2.45) is 0 Å². The summed E-state index contributed by atoms with van der Waals surface area (Å²) in [6, 6.07) is 10.8. The van der Waals surface area contributed by atoms with Crippen molar-refractivity contribution in [3.05, 3.63) is 42.0 Å². The van der Waals surface area contributed by atoms with Crippen LogP contribution in [-0.4, -0.2) is 19.0 Å².